The molecular formula is C12H18N4O2. The molecule has 1 heterocycles. The smallest absolute Gasteiger partial charge is 0.292 e. The number of hydrogen-bond donors (Lipinski definition) is 2. The fraction of sp³-hybridized carbons (Fsp3) is 0.500. The zero-order valence-electron chi connectivity index (χ0n) is 10.4. The average Bonchev–Trinajstić information content (AvgIpc) is 2.31. The molecule has 0 radical (unpaired) electrons. The second-order valence-corrected chi connectivity index (χ2v) is 4.84. The van der Waals surface area contributed by atoms with Gasteiger partial charge in [-0.1, -0.05) is 0 Å². The number of piperidine rings is 1. The minimum atomic E-state index is -0.451. The molecule has 0 aromatic heterocycles. The van der Waals surface area contributed by atoms with Gasteiger partial charge in [0.05, 0.1) is 4.92 Å². The lowest BCUT2D eigenvalue weighted by atomic mass is 9.87. The van der Waals surface area contributed by atoms with Crippen molar-refractivity contribution in [1.82, 2.24) is 4.90 Å². The molecule has 1 aromatic rings. The van der Waals surface area contributed by atoms with Crippen LogP contribution in [-0.2, 0) is 0 Å². The highest BCUT2D eigenvalue weighted by atomic mass is 16.6. The minimum Gasteiger partial charge on any atom is -0.398 e. The van der Waals surface area contributed by atoms with Crippen LogP contribution in [0, 0.1) is 10.1 Å². The second-order valence-electron chi connectivity index (χ2n) is 4.84. The summed E-state index contributed by atoms with van der Waals surface area (Å²) in [5.74, 6) is 0.223. The van der Waals surface area contributed by atoms with E-state index in [1.165, 1.54) is 6.07 Å². The Morgan fingerprint density at radius 3 is 2.50 bits per heavy atom. The quantitative estimate of drug-likeness (QED) is 0.471. The van der Waals surface area contributed by atoms with Gasteiger partial charge >= 0.3 is 0 Å². The third-order valence-electron chi connectivity index (χ3n) is 3.62. The molecule has 0 unspecified atom stereocenters. The largest absolute Gasteiger partial charge is 0.398 e. The predicted octanol–water partition coefficient (Wildman–Crippen LogP) is 1.57. The summed E-state index contributed by atoms with van der Waals surface area (Å²) in [6, 6.07) is 2.96. The third-order valence-corrected chi connectivity index (χ3v) is 3.62. The van der Waals surface area contributed by atoms with Gasteiger partial charge in [0.25, 0.3) is 5.69 Å². The van der Waals surface area contributed by atoms with Crippen LogP contribution in [0.1, 0.15) is 24.3 Å². The molecule has 0 bridgehead atoms. The van der Waals surface area contributed by atoms with E-state index in [0.717, 1.165) is 31.5 Å². The number of rotatable bonds is 2. The molecule has 1 fully saturated rings. The van der Waals surface area contributed by atoms with Crippen LogP contribution in [0.15, 0.2) is 12.1 Å². The molecule has 2 rings (SSSR count). The lowest BCUT2D eigenvalue weighted by Crippen LogP contribution is -2.29. The highest BCUT2D eigenvalue weighted by Crippen LogP contribution is 2.39. The SMILES string of the molecule is CN1CCC(c2c(N)ccc([N+](=O)[O-])c2N)CC1. The Hall–Kier alpha value is -1.82. The van der Waals surface area contributed by atoms with Crippen molar-refractivity contribution in [2.45, 2.75) is 18.8 Å². The Labute approximate surface area is 106 Å². The number of anilines is 2. The van der Waals surface area contributed by atoms with E-state index in [4.69, 9.17) is 11.5 Å². The first-order chi connectivity index (χ1) is 8.50. The van der Waals surface area contributed by atoms with E-state index in [2.05, 4.69) is 11.9 Å². The number of nitrogens with zero attached hydrogens (tertiary/aromatic N) is 2. The van der Waals surface area contributed by atoms with Crippen LogP contribution in [0.2, 0.25) is 0 Å². The fourth-order valence-electron chi connectivity index (χ4n) is 2.55. The number of hydrogen-bond acceptors (Lipinski definition) is 5. The van der Waals surface area contributed by atoms with E-state index in [0.29, 0.717) is 5.69 Å². The Morgan fingerprint density at radius 2 is 1.94 bits per heavy atom. The summed E-state index contributed by atoms with van der Waals surface area (Å²) >= 11 is 0. The number of nitro benzene ring substituents is 1. The molecule has 4 N–H and O–H groups in total. The topological polar surface area (TPSA) is 98.4 Å². The van der Waals surface area contributed by atoms with Gasteiger partial charge in [-0.15, -0.1) is 0 Å². The lowest BCUT2D eigenvalue weighted by molar-refractivity contribution is -0.383. The summed E-state index contributed by atoms with van der Waals surface area (Å²) in [6.45, 7) is 1.93. The summed E-state index contributed by atoms with van der Waals surface area (Å²) in [6.07, 6.45) is 1.87. The Bertz CT molecular complexity index is 467. The normalized spacial score (nSPS) is 17.8. The maximum absolute atomic E-state index is 10.9. The molecule has 6 nitrogen and oxygen atoms in total. The van der Waals surface area contributed by atoms with Crippen molar-refractivity contribution in [2.75, 3.05) is 31.6 Å². The first-order valence-corrected chi connectivity index (χ1v) is 6.01. The zero-order chi connectivity index (χ0) is 13.3. The van der Waals surface area contributed by atoms with Gasteiger partial charge in [0, 0.05) is 17.3 Å². The molecule has 98 valence electrons. The van der Waals surface area contributed by atoms with E-state index in [1.807, 2.05) is 0 Å². The molecule has 0 amide bonds. The van der Waals surface area contributed by atoms with Crippen LogP contribution in [0.3, 0.4) is 0 Å². The van der Waals surface area contributed by atoms with Crippen LogP contribution >= 0.6 is 0 Å². The van der Waals surface area contributed by atoms with E-state index in [9.17, 15) is 10.1 Å². The summed E-state index contributed by atoms with van der Waals surface area (Å²) < 4.78 is 0. The summed E-state index contributed by atoms with van der Waals surface area (Å²) in [5.41, 5.74) is 13.4. The van der Waals surface area contributed by atoms with Gasteiger partial charge in [-0.25, -0.2) is 0 Å². The van der Waals surface area contributed by atoms with Crippen LogP contribution in [-0.4, -0.2) is 30.0 Å². The van der Waals surface area contributed by atoms with Crippen molar-refractivity contribution >= 4 is 17.1 Å². The van der Waals surface area contributed by atoms with Crippen molar-refractivity contribution in [3.63, 3.8) is 0 Å². The molecule has 1 aliphatic heterocycles. The molecule has 18 heavy (non-hydrogen) atoms. The highest BCUT2D eigenvalue weighted by Gasteiger charge is 2.26. The van der Waals surface area contributed by atoms with Crippen LogP contribution in [0.4, 0.5) is 17.1 Å². The Morgan fingerprint density at radius 1 is 1.33 bits per heavy atom. The van der Waals surface area contributed by atoms with E-state index in [1.54, 1.807) is 6.07 Å². The van der Waals surface area contributed by atoms with Crippen LogP contribution in [0.25, 0.3) is 0 Å². The number of nitrogens with two attached hydrogens (primary N) is 2. The molecule has 0 atom stereocenters. The van der Waals surface area contributed by atoms with E-state index < -0.39 is 4.92 Å². The third kappa shape index (κ3) is 2.24. The molecular weight excluding hydrogens is 232 g/mol. The molecule has 1 aliphatic rings. The van der Waals surface area contributed by atoms with Crippen molar-refractivity contribution < 1.29 is 4.92 Å². The van der Waals surface area contributed by atoms with Crippen LogP contribution < -0.4 is 11.5 Å². The van der Waals surface area contributed by atoms with E-state index >= 15 is 0 Å². The molecule has 0 spiro atoms. The molecule has 6 heteroatoms. The maximum Gasteiger partial charge on any atom is 0.292 e. The van der Waals surface area contributed by atoms with Gasteiger partial charge in [-0.05, 0) is 45.0 Å². The number of nitrogen functional groups attached to an aromatic ring is 2. The van der Waals surface area contributed by atoms with E-state index in [-0.39, 0.29) is 17.3 Å². The van der Waals surface area contributed by atoms with Gasteiger partial charge in [-0.3, -0.25) is 10.1 Å². The van der Waals surface area contributed by atoms with Crippen molar-refractivity contribution in [1.29, 1.82) is 0 Å². The standard InChI is InChI=1S/C12H18N4O2/c1-15-6-4-8(5-7-15)11-9(13)2-3-10(12(11)14)16(17)18/h2-3,8H,4-7,13-14H2,1H3. The molecule has 1 saturated heterocycles. The van der Waals surface area contributed by atoms with Crippen LogP contribution in [0.5, 0.6) is 0 Å². The summed E-state index contributed by atoms with van der Waals surface area (Å²) in [5, 5.41) is 10.9. The minimum absolute atomic E-state index is 0.0434. The van der Waals surface area contributed by atoms with Crippen molar-refractivity contribution in [3.05, 3.63) is 27.8 Å². The second kappa shape index (κ2) is 4.81. The molecule has 0 saturated carbocycles. The number of benzene rings is 1. The predicted molar refractivity (Wildman–Crippen MR) is 71.4 cm³/mol. The maximum atomic E-state index is 10.9. The summed E-state index contributed by atoms with van der Waals surface area (Å²) in [7, 11) is 2.07. The van der Waals surface area contributed by atoms with Gasteiger partial charge in [-0.2, -0.15) is 0 Å². The van der Waals surface area contributed by atoms with Gasteiger partial charge in [0.15, 0.2) is 0 Å². The highest BCUT2D eigenvalue weighted by molar-refractivity contribution is 5.72. The van der Waals surface area contributed by atoms with Crippen molar-refractivity contribution in [2.24, 2.45) is 0 Å². The summed E-state index contributed by atoms with van der Waals surface area (Å²) in [4.78, 5) is 12.7. The van der Waals surface area contributed by atoms with Gasteiger partial charge < -0.3 is 16.4 Å². The molecule has 0 aliphatic carbocycles. The first kappa shape index (κ1) is 12.6. The Kier molecular flexibility index (Phi) is 3.38. The zero-order valence-corrected chi connectivity index (χ0v) is 10.4. The molecule has 1 aromatic carbocycles. The Balaban J connectivity index is 2.37. The number of likely N-dealkylation sites (tertiary alicyclic amines) is 1. The lowest BCUT2D eigenvalue weighted by Gasteiger charge is -2.30. The van der Waals surface area contributed by atoms with Gasteiger partial charge in [0.1, 0.15) is 5.69 Å². The van der Waals surface area contributed by atoms with Crippen molar-refractivity contribution in [3.8, 4) is 0 Å². The van der Waals surface area contributed by atoms with Gasteiger partial charge in [0.2, 0.25) is 0 Å². The monoisotopic (exact) mass is 250 g/mol. The average molecular weight is 250 g/mol. The number of nitro groups is 1. The first-order valence-electron chi connectivity index (χ1n) is 6.01. The fourth-order valence-corrected chi connectivity index (χ4v) is 2.55.